The van der Waals surface area contributed by atoms with E-state index >= 15 is 0 Å². The van der Waals surface area contributed by atoms with Crippen molar-refractivity contribution in [2.24, 2.45) is 17.8 Å². The lowest BCUT2D eigenvalue weighted by molar-refractivity contribution is -0.144. The summed E-state index contributed by atoms with van der Waals surface area (Å²) in [5.41, 5.74) is 0.0941. The molecule has 3 aliphatic rings. The molecule has 5 nitrogen and oxygen atoms in total. The fraction of sp³-hybridized carbons (Fsp3) is 0.826. The second-order valence-corrected chi connectivity index (χ2v) is 21.4. The zero-order chi connectivity index (χ0) is 22.9. The molecule has 2 saturated carbocycles. The van der Waals surface area contributed by atoms with Gasteiger partial charge in [0.2, 0.25) is 0 Å². The molecule has 2 aliphatic carbocycles. The second kappa shape index (κ2) is 7.39. The second-order valence-electron chi connectivity index (χ2n) is 12.3. The van der Waals surface area contributed by atoms with Gasteiger partial charge < -0.3 is 13.6 Å². The van der Waals surface area contributed by atoms with E-state index in [1.165, 1.54) is 0 Å². The van der Waals surface area contributed by atoms with Crippen LogP contribution in [0, 0.1) is 17.8 Å². The fourth-order valence-corrected chi connectivity index (χ4v) is 8.39. The number of carbonyl (C=O) groups is 2. The highest BCUT2D eigenvalue weighted by atomic mass is 28.4. The van der Waals surface area contributed by atoms with Gasteiger partial charge in [-0.1, -0.05) is 27.4 Å². The van der Waals surface area contributed by atoms with Gasteiger partial charge in [-0.3, -0.25) is 9.59 Å². The number of Topliss-reactive ketones (excluding diaryl/α,β-unsaturated/α-hetero) is 1. The molecular formula is C23H40O5Si2. The summed E-state index contributed by atoms with van der Waals surface area (Å²) in [6.45, 7) is 24.1. The van der Waals surface area contributed by atoms with Crippen molar-refractivity contribution >= 4 is 28.4 Å². The van der Waals surface area contributed by atoms with Crippen molar-refractivity contribution in [3.05, 3.63) is 12.2 Å². The molecule has 6 atom stereocenters. The van der Waals surface area contributed by atoms with E-state index in [1.807, 2.05) is 0 Å². The number of fused-ring (bicyclic) bond motifs is 3. The van der Waals surface area contributed by atoms with Crippen LogP contribution < -0.4 is 0 Å². The largest absolute Gasteiger partial charge is 0.461 e. The third kappa shape index (κ3) is 4.27. The molecule has 0 amide bonds. The summed E-state index contributed by atoms with van der Waals surface area (Å²) in [6, 6.07) is 0. The Balaban J connectivity index is 2.07. The van der Waals surface area contributed by atoms with Gasteiger partial charge in [-0.25, -0.2) is 0 Å². The molecule has 0 unspecified atom stereocenters. The number of ketones is 1. The average molecular weight is 453 g/mol. The van der Waals surface area contributed by atoms with Crippen LogP contribution in [0.25, 0.3) is 0 Å². The average Bonchev–Trinajstić information content (AvgIpc) is 3.02. The first-order chi connectivity index (χ1) is 13.5. The standard InChI is InChI=1S/C23H40O5Si2/c1-14-17(24)12-16-20(14)21-15(11-19(25)26-21)18(27-30(9,10)22(2,3)4)13-23(16,5)28-29(6,7)8/h15-16,18,20-21H,1,11-13H2,2-10H3/t15-,16-,18-,20+,21+,23+/m1/s1. The van der Waals surface area contributed by atoms with Crippen LogP contribution in [0.3, 0.4) is 0 Å². The van der Waals surface area contributed by atoms with E-state index in [2.05, 4.69) is 67.0 Å². The highest BCUT2D eigenvalue weighted by Gasteiger charge is 2.61. The molecule has 0 radical (unpaired) electrons. The Morgan fingerprint density at radius 2 is 1.70 bits per heavy atom. The van der Waals surface area contributed by atoms with Crippen LogP contribution in [-0.4, -0.2) is 46.2 Å². The van der Waals surface area contributed by atoms with E-state index < -0.39 is 22.2 Å². The topological polar surface area (TPSA) is 61.8 Å². The number of esters is 1. The molecule has 0 aromatic heterocycles. The molecule has 0 spiro atoms. The summed E-state index contributed by atoms with van der Waals surface area (Å²) in [5.74, 6) is -0.372. The van der Waals surface area contributed by atoms with Gasteiger partial charge in [-0.2, -0.15) is 0 Å². The van der Waals surface area contributed by atoms with E-state index in [0.29, 0.717) is 24.8 Å². The fourth-order valence-electron chi connectivity index (χ4n) is 5.39. The molecule has 0 aromatic carbocycles. The Labute approximate surface area is 184 Å². The van der Waals surface area contributed by atoms with Gasteiger partial charge in [-0.15, -0.1) is 0 Å². The van der Waals surface area contributed by atoms with Gasteiger partial charge in [-0.05, 0) is 50.3 Å². The first-order valence-corrected chi connectivity index (χ1v) is 17.6. The number of carbonyl (C=O) groups excluding carboxylic acids is 2. The quantitative estimate of drug-likeness (QED) is 0.338. The lowest BCUT2D eigenvalue weighted by Gasteiger charge is -2.45. The van der Waals surface area contributed by atoms with Crippen LogP contribution in [-0.2, 0) is 23.2 Å². The predicted octanol–water partition coefficient (Wildman–Crippen LogP) is 5.08. The summed E-state index contributed by atoms with van der Waals surface area (Å²) in [5, 5.41) is 0.0593. The zero-order valence-electron chi connectivity index (χ0n) is 20.3. The molecule has 1 aliphatic heterocycles. The van der Waals surface area contributed by atoms with Crippen molar-refractivity contribution in [3.8, 4) is 0 Å². The first kappa shape index (κ1) is 23.9. The van der Waals surface area contributed by atoms with Gasteiger partial charge >= 0.3 is 5.97 Å². The van der Waals surface area contributed by atoms with Crippen LogP contribution in [0.4, 0.5) is 0 Å². The highest BCUT2D eigenvalue weighted by molar-refractivity contribution is 6.74. The molecule has 3 rings (SSSR count). The number of rotatable bonds is 4. The summed E-state index contributed by atoms with van der Waals surface area (Å²) in [7, 11) is -4.00. The molecule has 7 heteroatoms. The number of hydrogen-bond donors (Lipinski definition) is 0. The van der Waals surface area contributed by atoms with Crippen molar-refractivity contribution < 1.29 is 23.2 Å². The Morgan fingerprint density at radius 1 is 1.10 bits per heavy atom. The van der Waals surface area contributed by atoms with Crippen LogP contribution >= 0.6 is 0 Å². The van der Waals surface area contributed by atoms with Gasteiger partial charge in [0.1, 0.15) is 6.10 Å². The van der Waals surface area contributed by atoms with Crippen molar-refractivity contribution in [1.82, 2.24) is 0 Å². The molecule has 30 heavy (non-hydrogen) atoms. The van der Waals surface area contributed by atoms with Gasteiger partial charge in [0, 0.05) is 30.6 Å². The van der Waals surface area contributed by atoms with Gasteiger partial charge in [0.25, 0.3) is 0 Å². The molecule has 0 bridgehead atoms. The normalized spacial score (nSPS) is 37.6. The molecular weight excluding hydrogens is 412 g/mol. The Hall–Kier alpha value is -0.766. The third-order valence-electron chi connectivity index (χ3n) is 7.71. The zero-order valence-corrected chi connectivity index (χ0v) is 22.3. The summed E-state index contributed by atoms with van der Waals surface area (Å²) >= 11 is 0. The maximum atomic E-state index is 12.7. The maximum Gasteiger partial charge on any atom is 0.306 e. The van der Waals surface area contributed by atoms with Crippen molar-refractivity contribution in [3.63, 3.8) is 0 Å². The molecule has 1 heterocycles. The molecule has 0 aromatic rings. The lowest BCUT2D eigenvalue weighted by Crippen LogP contribution is -2.51. The molecule has 1 saturated heterocycles. The van der Waals surface area contributed by atoms with Crippen molar-refractivity contribution in [2.45, 2.75) is 103 Å². The van der Waals surface area contributed by atoms with Gasteiger partial charge in [0.15, 0.2) is 22.4 Å². The number of ether oxygens (including phenoxy) is 1. The van der Waals surface area contributed by atoms with Gasteiger partial charge in [0.05, 0.1) is 18.1 Å². The summed E-state index contributed by atoms with van der Waals surface area (Å²) in [6.07, 6.45) is 0.972. The van der Waals surface area contributed by atoms with E-state index in [-0.39, 0.29) is 46.8 Å². The van der Waals surface area contributed by atoms with E-state index in [1.54, 1.807) is 0 Å². The predicted molar refractivity (Wildman–Crippen MR) is 123 cm³/mol. The minimum Gasteiger partial charge on any atom is -0.461 e. The van der Waals surface area contributed by atoms with Crippen LogP contribution in [0.2, 0.25) is 37.8 Å². The molecule has 170 valence electrons. The monoisotopic (exact) mass is 452 g/mol. The Bertz CT molecular complexity index is 748. The highest BCUT2D eigenvalue weighted by Crippen LogP contribution is 2.55. The maximum absolute atomic E-state index is 12.7. The first-order valence-electron chi connectivity index (χ1n) is 11.2. The Morgan fingerprint density at radius 3 is 2.23 bits per heavy atom. The van der Waals surface area contributed by atoms with Crippen molar-refractivity contribution in [1.29, 1.82) is 0 Å². The molecule has 3 fully saturated rings. The van der Waals surface area contributed by atoms with Crippen LogP contribution in [0.15, 0.2) is 12.2 Å². The summed E-state index contributed by atoms with van der Waals surface area (Å²) in [4.78, 5) is 25.1. The lowest BCUT2D eigenvalue weighted by atomic mass is 9.78. The van der Waals surface area contributed by atoms with Crippen molar-refractivity contribution in [2.75, 3.05) is 0 Å². The minimum atomic E-state index is -2.08. The van der Waals surface area contributed by atoms with E-state index in [9.17, 15) is 9.59 Å². The van der Waals surface area contributed by atoms with E-state index in [0.717, 1.165) is 0 Å². The van der Waals surface area contributed by atoms with Crippen LogP contribution in [0.1, 0.15) is 47.0 Å². The van der Waals surface area contributed by atoms with Crippen LogP contribution in [0.5, 0.6) is 0 Å². The smallest absolute Gasteiger partial charge is 0.306 e. The molecule has 0 N–H and O–H groups in total. The SMILES string of the molecule is C=C1C(=O)C[C@@H]2[C@H]1[C@H]1OC(=O)C[C@@H]1[C@H](O[Si](C)(C)C(C)(C)C)C[C@]2(C)O[Si](C)(C)C. The van der Waals surface area contributed by atoms with E-state index in [4.69, 9.17) is 13.6 Å². The Kier molecular flexibility index (Phi) is 5.88. The summed E-state index contributed by atoms with van der Waals surface area (Å²) < 4.78 is 19.6. The third-order valence-corrected chi connectivity index (χ3v) is 13.3. The number of hydrogen-bond acceptors (Lipinski definition) is 5. The minimum absolute atomic E-state index is 0.0318.